The highest BCUT2D eigenvalue weighted by Gasteiger charge is 2.42. The number of benzene rings is 3. The number of thioether (sulfide) groups is 1. The number of halogens is 2. The summed E-state index contributed by atoms with van der Waals surface area (Å²) < 4.78 is 0. The number of hydrogen-bond acceptors (Lipinski definition) is 4. The zero-order valence-electron chi connectivity index (χ0n) is 15.9. The van der Waals surface area contributed by atoms with Crippen LogP contribution in [0.15, 0.2) is 94.4 Å². The van der Waals surface area contributed by atoms with E-state index in [1.807, 2.05) is 42.5 Å². The van der Waals surface area contributed by atoms with Gasteiger partial charge in [-0.25, -0.2) is 4.90 Å². The third-order valence-electron chi connectivity index (χ3n) is 4.60. The number of rotatable bonds is 5. The van der Waals surface area contributed by atoms with Gasteiger partial charge in [-0.2, -0.15) is 0 Å². The van der Waals surface area contributed by atoms with Crippen molar-refractivity contribution in [1.29, 1.82) is 0 Å². The molecule has 150 valence electrons. The fraction of sp³-hybridized carbons (Fsp3) is 0.0435. The lowest BCUT2D eigenvalue weighted by Gasteiger charge is -2.21. The van der Waals surface area contributed by atoms with E-state index in [-0.39, 0.29) is 5.91 Å². The van der Waals surface area contributed by atoms with E-state index >= 15 is 0 Å². The van der Waals surface area contributed by atoms with Gasteiger partial charge in [-0.05, 0) is 54.6 Å². The zero-order valence-corrected chi connectivity index (χ0v) is 18.2. The van der Waals surface area contributed by atoms with Crippen LogP contribution in [-0.4, -0.2) is 18.9 Å². The van der Waals surface area contributed by atoms with Crippen LogP contribution < -0.4 is 9.80 Å². The van der Waals surface area contributed by atoms with E-state index < -0.39 is 5.91 Å². The average Bonchev–Trinajstić information content (AvgIpc) is 2.99. The van der Waals surface area contributed by atoms with E-state index in [0.717, 1.165) is 10.6 Å². The van der Waals surface area contributed by atoms with Gasteiger partial charge >= 0.3 is 0 Å². The van der Waals surface area contributed by atoms with Crippen LogP contribution in [0.5, 0.6) is 0 Å². The fourth-order valence-corrected chi connectivity index (χ4v) is 4.45. The number of carbonyl (C=O) groups is 2. The molecule has 0 bridgehead atoms. The van der Waals surface area contributed by atoms with Crippen LogP contribution in [0.25, 0.3) is 0 Å². The van der Waals surface area contributed by atoms with E-state index in [9.17, 15) is 9.59 Å². The van der Waals surface area contributed by atoms with Gasteiger partial charge in [0.2, 0.25) is 0 Å². The summed E-state index contributed by atoms with van der Waals surface area (Å²) in [4.78, 5) is 30.9. The number of carbonyl (C=O) groups excluding carboxylic acids is 2. The van der Waals surface area contributed by atoms with Crippen molar-refractivity contribution in [3.05, 3.63) is 99.5 Å². The first-order valence-electron chi connectivity index (χ1n) is 9.06. The van der Waals surface area contributed by atoms with Gasteiger partial charge in [0, 0.05) is 27.7 Å². The van der Waals surface area contributed by atoms with Crippen molar-refractivity contribution in [3.8, 4) is 0 Å². The maximum Gasteiger partial charge on any atom is 0.283 e. The molecule has 0 aromatic heterocycles. The molecule has 0 aliphatic carbocycles. The first-order chi connectivity index (χ1) is 14.5. The first-order valence-corrected chi connectivity index (χ1v) is 10.6. The Labute approximate surface area is 188 Å². The number of anilines is 2. The predicted molar refractivity (Wildman–Crippen MR) is 123 cm³/mol. The Bertz CT molecular complexity index is 1150. The molecule has 3 aromatic rings. The van der Waals surface area contributed by atoms with E-state index in [2.05, 4.69) is 0 Å². The summed E-state index contributed by atoms with van der Waals surface area (Å²) in [5, 5.41) is 1.05. The second-order valence-corrected chi connectivity index (χ2v) is 8.51. The van der Waals surface area contributed by atoms with Crippen molar-refractivity contribution in [2.45, 2.75) is 4.90 Å². The molecule has 1 aliphatic rings. The lowest BCUT2D eigenvalue weighted by atomic mass is 10.2. The Morgan fingerprint density at radius 2 is 1.50 bits per heavy atom. The van der Waals surface area contributed by atoms with Gasteiger partial charge in [-0.15, -0.1) is 0 Å². The Morgan fingerprint density at radius 1 is 0.800 bits per heavy atom. The Morgan fingerprint density at radius 3 is 2.17 bits per heavy atom. The second kappa shape index (κ2) is 8.56. The largest absolute Gasteiger partial charge is 0.339 e. The number of imide groups is 1. The van der Waals surface area contributed by atoms with Crippen molar-refractivity contribution in [2.24, 2.45) is 0 Å². The van der Waals surface area contributed by atoms with Gasteiger partial charge in [-0.3, -0.25) is 9.59 Å². The Hall–Kier alpha value is -2.73. The van der Waals surface area contributed by atoms with Crippen LogP contribution in [-0.2, 0) is 9.59 Å². The lowest BCUT2D eigenvalue weighted by molar-refractivity contribution is -0.120. The second-order valence-electron chi connectivity index (χ2n) is 6.55. The van der Waals surface area contributed by atoms with Crippen molar-refractivity contribution < 1.29 is 9.59 Å². The molecular weight excluding hydrogens is 439 g/mol. The number of nitrogens with zero attached hydrogens (tertiary/aromatic N) is 2. The first kappa shape index (κ1) is 20.5. The van der Waals surface area contributed by atoms with Crippen LogP contribution in [0.3, 0.4) is 0 Å². The number of amides is 2. The molecule has 3 aromatic carbocycles. The van der Waals surface area contributed by atoms with Crippen molar-refractivity contribution in [2.75, 3.05) is 16.8 Å². The van der Waals surface area contributed by atoms with Crippen molar-refractivity contribution in [3.63, 3.8) is 0 Å². The van der Waals surface area contributed by atoms with Crippen LogP contribution in [0.2, 0.25) is 10.0 Å². The summed E-state index contributed by atoms with van der Waals surface area (Å²) in [5.41, 5.74) is 1.55. The molecule has 4 nitrogen and oxygen atoms in total. The number of likely N-dealkylation sites (N-methyl/N-ethyl adjacent to an activating group) is 1. The fourth-order valence-electron chi connectivity index (χ4n) is 3.14. The van der Waals surface area contributed by atoms with Gasteiger partial charge in [0.05, 0.1) is 5.69 Å². The zero-order chi connectivity index (χ0) is 21.3. The molecule has 0 spiro atoms. The molecule has 0 unspecified atom stereocenters. The average molecular weight is 455 g/mol. The smallest absolute Gasteiger partial charge is 0.283 e. The van der Waals surface area contributed by atoms with E-state index in [4.69, 9.17) is 23.2 Å². The van der Waals surface area contributed by atoms with Gasteiger partial charge in [-0.1, -0.05) is 59.2 Å². The van der Waals surface area contributed by atoms with E-state index in [1.165, 1.54) is 16.7 Å². The SMILES string of the molecule is CN(C1=C(Sc2ccc(Cl)cc2)C(=O)N(c2cccc(Cl)c2)C1=O)c1ccccc1. The molecule has 0 atom stereocenters. The standard InChI is InChI=1S/C23H16Cl2N2O2S/c1-26(17-7-3-2-4-8-17)20-21(30-19-12-10-15(24)11-13-19)23(29)27(22(20)28)18-9-5-6-16(25)14-18/h2-14H,1H3. The summed E-state index contributed by atoms with van der Waals surface area (Å²) in [7, 11) is 1.78. The molecule has 2 amide bonds. The molecule has 1 heterocycles. The summed E-state index contributed by atoms with van der Waals surface area (Å²) in [6.45, 7) is 0. The van der Waals surface area contributed by atoms with E-state index in [1.54, 1.807) is 48.3 Å². The lowest BCUT2D eigenvalue weighted by Crippen LogP contribution is -2.34. The third kappa shape index (κ3) is 3.97. The quantitative estimate of drug-likeness (QED) is 0.442. The highest BCUT2D eigenvalue weighted by atomic mass is 35.5. The van der Waals surface area contributed by atoms with Gasteiger partial charge < -0.3 is 4.90 Å². The van der Waals surface area contributed by atoms with Crippen LogP contribution in [0.4, 0.5) is 11.4 Å². The monoisotopic (exact) mass is 454 g/mol. The minimum atomic E-state index is -0.398. The molecule has 0 saturated carbocycles. The van der Waals surface area contributed by atoms with Gasteiger partial charge in [0.15, 0.2) is 0 Å². The van der Waals surface area contributed by atoms with Crippen LogP contribution in [0.1, 0.15) is 0 Å². The van der Waals surface area contributed by atoms with Crippen molar-refractivity contribution in [1.82, 2.24) is 0 Å². The summed E-state index contributed by atoms with van der Waals surface area (Å²) in [6.07, 6.45) is 0. The topological polar surface area (TPSA) is 40.6 Å². The minimum Gasteiger partial charge on any atom is -0.339 e. The number of para-hydroxylation sites is 1. The summed E-state index contributed by atoms with van der Waals surface area (Å²) in [5.74, 6) is -0.787. The summed E-state index contributed by atoms with van der Waals surface area (Å²) in [6, 6.07) is 23.3. The molecular formula is C23H16Cl2N2O2S. The normalized spacial score (nSPS) is 13.9. The van der Waals surface area contributed by atoms with Crippen LogP contribution in [0, 0.1) is 0 Å². The minimum absolute atomic E-state index is 0.311. The maximum atomic E-state index is 13.4. The molecule has 7 heteroatoms. The predicted octanol–water partition coefficient (Wildman–Crippen LogP) is 6.01. The molecule has 0 saturated heterocycles. The third-order valence-corrected chi connectivity index (χ3v) is 6.16. The van der Waals surface area contributed by atoms with Crippen molar-refractivity contribution >= 4 is 58.2 Å². The summed E-state index contributed by atoms with van der Waals surface area (Å²) >= 11 is 13.3. The Kier molecular flexibility index (Phi) is 5.86. The maximum absolute atomic E-state index is 13.4. The highest BCUT2D eigenvalue weighted by molar-refractivity contribution is 8.04. The molecule has 0 N–H and O–H groups in total. The molecule has 0 radical (unpaired) electrons. The molecule has 0 fully saturated rings. The van der Waals surface area contributed by atoms with Gasteiger partial charge in [0.1, 0.15) is 10.6 Å². The highest BCUT2D eigenvalue weighted by Crippen LogP contribution is 2.40. The Balaban J connectivity index is 1.80. The molecule has 1 aliphatic heterocycles. The number of hydrogen-bond donors (Lipinski definition) is 0. The van der Waals surface area contributed by atoms with E-state index in [0.29, 0.717) is 26.3 Å². The molecule has 30 heavy (non-hydrogen) atoms. The van der Waals surface area contributed by atoms with Crippen LogP contribution >= 0.6 is 35.0 Å². The molecule has 4 rings (SSSR count). The van der Waals surface area contributed by atoms with Gasteiger partial charge in [0.25, 0.3) is 11.8 Å².